The van der Waals surface area contributed by atoms with Crippen LogP contribution in [0.1, 0.15) is 12.5 Å². The van der Waals surface area contributed by atoms with E-state index in [0.29, 0.717) is 11.6 Å². The van der Waals surface area contributed by atoms with Gasteiger partial charge in [0.1, 0.15) is 5.75 Å². The first-order chi connectivity index (χ1) is 7.17. The van der Waals surface area contributed by atoms with Crippen molar-refractivity contribution in [3.05, 3.63) is 28.8 Å². The summed E-state index contributed by atoms with van der Waals surface area (Å²) in [5, 5.41) is 0.678. The van der Waals surface area contributed by atoms with Gasteiger partial charge in [0.15, 0.2) is 0 Å². The zero-order chi connectivity index (χ0) is 11.3. The summed E-state index contributed by atoms with van der Waals surface area (Å²) >= 11 is 9.48. The van der Waals surface area contributed by atoms with Gasteiger partial charge in [-0.1, -0.05) is 33.6 Å². The highest BCUT2D eigenvalue weighted by atomic mass is 79.9. The second-order valence-corrected chi connectivity index (χ2v) is 4.24. The molecule has 1 rings (SSSR count). The van der Waals surface area contributed by atoms with Crippen LogP contribution in [-0.4, -0.2) is 24.0 Å². The normalized spacial score (nSPS) is 10.7. The number of nitrogens with zero attached hydrogens (tertiary/aromatic N) is 1. The first-order valence-corrected chi connectivity index (χ1v) is 6.33. The van der Waals surface area contributed by atoms with Crippen molar-refractivity contribution in [1.29, 1.82) is 0 Å². The van der Waals surface area contributed by atoms with Crippen LogP contribution in [0.25, 0.3) is 0 Å². The first kappa shape index (κ1) is 12.8. The van der Waals surface area contributed by atoms with Crippen molar-refractivity contribution in [2.45, 2.75) is 13.5 Å². The van der Waals surface area contributed by atoms with Gasteiger partial charge in [-0.2, -0.15) is 0 Å². The molecule has 1 aromatic rings. The molecule has 84 valence electrons. The molecule has 0 aromatic heterocycles. The first-order valence-electron chi connectivity index (χ1n) is 4.83. The molecular formula is C11H15BrClNO. The molecule has 0 spiro atoms. The lowest BCUT2D eigenvalue weighted by atomic mass is 10.2. The maximum Gasteiger partial charge on any atom is 0.137 e. The number of halogens is 2. The average molecular weight is 293 g/mol. The summed E-state index contributed by atoms with van der Waals surface area (Å²) in [4.78, 5) is 2.14. The van der Waals surface area contributed by atoms with E-state index in [9.17, 15) is 0 Å². The third-order valence-electron chi connectivity index (χ3n) is 1.95. The number of rotatable bonds is 5. The number of hydrogen-bond acceptors (Lipinski definition) is 2. The molecule has 0 amide bonds. The van der Waals surface area contributed by atoms with E-state index in [1.807, 2.05) is 32.2 Å². The number of alkyl halides is 1. The Morgan fingerprint density at radius 2 is 2.20 bits per heavy atom. The van der Waals surface area contributed by atoms with Crippen LogP contribution in [0.15, 0.2) is 18.2 Å². The fourth-order valence-electron chi connectivity index (χ4n) is 1.27. The zero-order valence-electron chi connectivity index (χ0n) is 8.96. The fraction of sp³-hybridized carbons (Fsp3) is 0.455. The molecular weight excluding hydrogens is 277 g/mol. The lowest BCUT2D eigenvalue weighted by Crippen LogP contribution is -2.14. The van der Waals surface area contributed by atoms with Crippen molar-refractivity contribution in [1.82, 2.24) is 4.90 Å². The summed E-state index contributed by atoms with van der Waals surface area (Å²) < 4.78 is 5.37. The molecule has 4 heteroatoms. The van der Waals surface area contributed by atoms with Gasteiger partial charge in [0.25, 0.3) is 0 Å². The van der Waals surface area contributed by atoms with E-state index < -0.39 is 0 Å². The minimum atomic E-state index is 0.639. The predicted molar refractivity (Wildman–Crippen MR) is 67.9 cm³/mol. The number of benzene rings is 1. The lowest BCUT2D eigenvalue weighted by Gasteiger charge is -2.14. The molecule has 0 radical (unpaired) electrons. The molecule has 0 unspecified atom stereocenters. The fourth-order valence-corrected chi connectivity index (χ4v) is 1.70. The quantitative estimate of drug-likeness (QED) is 0.608. The monoisotopic (exact) mass is 291 g/mol. The van der Waals surface area contributed by atoms with Gasteiger partial charge in [0, 0.05) is 6.54 Å². The van der Waals surface area contributed by atoms with Crippen LogP contribution in [0.2, 0.25) is 5.02 Å². The molecule has 0 atom stereocenters. The molecule has 0 aliphatic carbocycles. The van der Waals surface area contributed by atoms with Crippen LogP contribution >= 0.6 is 27.5 Å². The van der Waals surface area contributed by atoms with Crippen molar-refractivity contribution in [3.63, 3.8) is 0 Å². The van der Waals surface area contributed by atoms with E-state index >= 15 is 0 Å². The topological polar surface area (TPSA) is 12.5 Å². The third-order valence-corrected chi connectivity index (χ3v) is 3.10. The van der Waals surface area contributed by atoms with Crippen molar-refractivity contribution in [2.24, 2.45) is 0 Å². The highest BCUT2D eigenvalue weighted by molar-refractivity contribution is 9.09. The van der Waals surface area contributed by atoms with Crippen LogP contribution < -0.4 is 4.74 Å². The SMILES string of the molecule is CCOc1ccc(CN(C)CBr)cc1Cl. The Labute approximate surface area is 104 Å². The van der Waals surface area contributed by atoms with E-state index in [1.54, 1.807) is 0 Å². The lowest BCUT2D eigenvalue weighted by molar-refractivity contribution is 0.340. The summed E-state index contributed by atoms with van der Waals surface area (Å²) in [6, 6.07) is 5.91. The zero-order valence-corrected chi connectivity index (χ0v) is 11.3. The molecule has 0 N–H and O–H groups in total. The van der Waals surface area contributed by atoms with Crippen LogP contribution in [-0.2, 0) is 6.54 Å². The molecule has 0 fully saturated rings. The maximum atomic E-state index is 6.08. The minimum absolute atomic E-state index is 0.639. The molecule has 0 saturated carbocycles. The van der Waals surface area contributed by atoms with E-state index in [-0.39, 0.29) is 0 Å². The van der Waals surface area contributed by atoms with E-state index in [4.69, 9.17) is 16.3 Å². The Bertz CT molecular complexity index is 319. The molecule has 15 heavy (non-hydrogen) atoms. The Balaban J connectivity index is 2.73. The Morgan fingerprint density at radius 1 is 1.47 bits per heavy atom. The van der Waals surface area contributed by atoms with Gasteiger partial charge >= 0.3 is 0 Å². The minimum Gasteiger partial charge on any atom is -0.492 e. The van der Waals surface area contributed by atoms with Gasteiger partial charge in [-0.3, -0.25) is 4.90 Å². The second kappa shape index (κ2) is 6.36. The Morgan fingerprint density at radius 3 is 2.73 bits per heavy atom. The number of ether oxygens (including phenoxy) is 1. The van der Waals surface area contributed by atoms with Gasteiger partial charge in [0.2, 0.25) is 0 Å². The van der Waals surface area contributed by atoms with E-state index in [1.165, 1.54) is 5.56 Å². The van der Waals surface area contributed by atoms with Crippen molar-refractivity contribution < 1.29 is 4.74 Å². The largest absolute Gasteiger partial charge is 0.492 e. The smallest absolute Gasteiger partial charge is 0.137 e. The van der Waals surface area contributed by atoms with Gasteiger partial charge < -0.3 is 4.74 Å². The molecule has 0 aliphatic rings. The summed E-state index contributed by atoms with van der Waals surface area (Å²) in [7, 11) is 2.04. The standard InChI is InChI=1S/C11H15BrClNO/c1-3-15-11-5-4-9(6-10(11)13)7-14(2)8-12/h4-6H,3,7-8H2,1-2H3. The average Bonchev–Trinajstić information content (AvgIpc) is 2.22. The molecule has 0 heterocycles. The van der Waals surface area contributed by atoms with Crippen LogP contribution in [0.4, 0.5) is 0 Å². The van der Waals surface area contributed by atoms with E-state index in [0.717, 1.165) is 17.7 Å². The second-order valence-electron chi connectivity index (χ2n) is 3.33. The van der Waals surface area contributed by atoms with Crippen molar-refractivity contribution in [2.75, 3.05) is 19.1 Å². The molecule has 0 aliphatic heterocycles. The maximum absolute atomic E-state index is 6.08. The number of hydrogen-bond donors (Lipinski definition) is 0. The summed E-state index contributed by atoms with van der Waals surface area (Å²) in [6.45, 7) is 3.46. The molecule has 1 aromatic carbocycles. The van der Waals surface area contributed by atoms with Crippen LogP contribution in [0.3, 0.4) is 0 Å². The Hall–Kier alpha value is -0.250. The van der Waals surface area contributed by atoms with Gasteiger partial charge in [0.05, 0.1) is 17.1 Å². The molecule has 2 nitrogen and oxygen atoms in total. The Kier molecular flexibility index (Phi) is 5.43. The van der Waals surface area contributed by atoms with E-state index in [2.05, 4.69) is 20.8 Å². The third kappa shape index (κ3) is 4.01. The van der Waals surface area contributed by atoms with Gasteiger partial charge in [-0.05, 0) is 31.7 Å². The summed E-state index contributed by atoms with van der Waals surface area (Å²) in [5.41, 5.74) is 2.03. The van der Waals surface area contributed by atoms with Crippen LogP contribution in [0.5, 0.6) is 5.75 Å². The highest BCUT2D eigenvalue weighted by Crippen LogP contribution is 2.25. The van der Waals surface area contributed by atoms with Gasteiger partial charge in [-0.15, -0.1) is 0 Å². The summed E-state index contributed by atoms with van der Waals surface area (Å²) in [6.07, 6.45) is 0. The van der Waals surface area contributed by atoms with Crippen molar-refractivity contribution >= 4 is 27.5 Å². The molecule has 0 bridgehead atoms. The summed E-state index contributed by atoms with van der Waals surface area (Å²) in [5.74, 6) is 0.754. The molecule has 0 saturated heterocycles. The van der Waals surface area contributed by atoms with Crippen molar-refractivity contribution in [3.8, 4) is 5.75 Å². The van der Waals surface area contributed by atoms with Crippen LogP contribution in [0, 0.1) is 0 Å². The van der Waals surface area contributed by atoms with Gasteiger partial charge in [-0.25, -0.2) is 0 Å². The predicted octanol–water partition coefficient (Wildman–Crippen LogP) is 3.52. The highest BCUT2D eigenvalue weighted by Gasteiger charge is 2.04.